The fourth-order valence-electron chi connectivity index (χ4n) is 1.71. The molecule has 0 spiro atoms. The average molecular weight is 286 g/mol. The second-order valence-electron chi connectivity index (χ2n) is 5.11. The maximum atomic E-state index is 6.11. The van der Waals surface area contributed by atoms with Crippen LogP contribution in [-0.2, 0) is 0 Å². The summed E-state index contributed by atoms with van der Waals surface area (Å²) >= 11 is 7.93. The number of rotatable bonds is 8. The molecule has 0 radical (unpaired) electrons. The van der Waals surface area contributed by atoms with Crippen LogP contribution in [0.3, 0.4) is 0 Å². The Kier molecular flexibility index (Phi) is 7.80. The van der Waals surface area contributed by atoms with Gasteiger partial charge in [-0.1, -0.05) is 37.6 Å². The summed E-state index contributed by atoms with van der Waals surface area (Å²) in [6.07, 6.45) is 2.56. The topological polar surface area (TPSA) is 12.0 Å². The molecule has 0 bridgehead atoms. The molecule has 0 aliphatic heterocycles. The molecule has 3 heteroatoms. The van der Waals surface area contributed by atoms with Crippen molar-refractivity contribution in [2.45, 2.75) is 44.6 Å². The van der Waals surface area contributed by atoms with Crippen LogP contribution in [0.1, 0.15) is 33.6 Å². The van der Waals surface area contributed by atoms with E-state index in [1.54, 1.807) is 0 Å². The van der Waals surface area contributed by atoms with Crippen LogP contribution in [0, 0.1) is 5.92 Å². The van der Waals surface area contributed by atoms with Gasteiger partial charge in [-0.2, -0.15) is 0 Å². The molecular weight excluding hydrogens is 262 g/mol. The molecule has 1 aromatic carbocycles. The summed E-state index contributed by atoms with van der Waals surface area (Å²) in [6, 6.07) is 8.64. The van der Waals surface area contributed by atoms with E-state index in [9.17, 15) is 0 Å². The Morgan fingerprint density at radius 1 is 1.17 bits per heavy atom. The second kappa shape index (κ2) is 8.84. The van der Waals surface area contributed by atoms with E-state index in [1.165, 1.54) is 17.7 Å². The molecule has 0 aliphatic rings. The first-order valence-corrected chi connectivity index (χ1v) is 8.06. The van der Waals surface area contributed by atoms with Crippen LogP contribution in [0.4, 0.5) is 0 Å². The van der Waals surface area contributed by atoms with Gasteiger partial charge in [0.05, 0.1) is 5.02 Å². The summed E-state index contributed by atoms with van der Waals surface area (Å²) in [5.74, 6) is 1.86. The van der Waals surface area contributed by atoms with E-state index >= 15 is 0 Å². The molecule has 18 heavy (non-hydrogen) atoms. The first-order chi connectivity index (χ1) is 8.59. The third-order valence-corrected chi connectivity index (χ3v) is 4.38. The summed E-state index contributed by atoms with van der Waals surface area (Å²) in [7, 11) is 0. The van der Waals surface area contributed by atoms with Crippen molar-refractivity contribution in [2.75, 3.05) is 12.3 Å². The highest BCUT2D eigenvalue weighted by atomic mass is 35.5. The smallest absolute Gasteiger partial charge is 0.0541 e. The van der Waals surface area contributed by atoms with Crippen LogP contribution in [0.25, 0.3) is 0 Å². The van der Waals surface area contributed by atoms with E-state index in [0.717, 1.165) is 23.2 Å². The van der Waals surface area contributed by atoms with Crippen molar-refractivity contribution in [3.05, 3.63) is 29.3 Å². The summed E-state index contributed by atoms with van der Waals surface area (Å²) < 4.78 is 0. The monoisotopic (exact) mass is 285 g/mol. The van der Waals surface area contributed by atoms with Crippen molar-refractivity contribution < 1.29 is 0 Å². The molecule has 0 saturated carbocycles. The number of hydrogen-bond donors (Lipinski definition) is 1. The molecule has 102 valence electrons. The van der Waals surface area contributed by atoms with Crippen molar-refractivity contribution >= 4 is 23.4 Å². The highest BCUT2D eigenvalue weighted by molar-refractivity contribution is 7.99. The lowest BCUT2D eigenvalue weighted by atomic mass is 10.0. The van der Waals surface area contributed by atoms with E-state index in [0.29, 0.717) is 6.04 Å². The summed E-state index contributed by atoms with van der Waals surface area (Å²) in [6.45, 7) is 7.86. The van der Waals surface area contributed by atoms with Crippen LogP contribution in [0.5, 0.6) is 0 Å². The van der Waals surface area contributed by atoms with Gasteiger partial charge in [-0.25, -0.2) is 0 Å². The minimum atomic E-state index is 0.610. The van der Waals surface area contributed by atoms with Crippen LogP contribution in [0.2, 0.25) is 5.02 Å². The Hall–Kier alpha value is -0.180. The predicted octanol–water partition coefficient (Wildman–Crippen LogP) is 4.85. The van der Waals surface area contributed by atoms with Gasteiger partial charge in [0.25, 0.3) is 0 Å². The molecule has 1 atom stereocenters. The number of benzene rings is 1. The molecule has 0 aromatic heterocycles. The number of nitrogens with one attached hydrogen (secondary N) is 1. The predicted molar refractivity (Wildman–Crippen MR) is 83.7 cm³/mol. The first kappa shape index (κ1) is 15.9. The fraction of sp³-hybridized carbons (Fsp3) is 0.600. The highest BCUT2D eigenvalue weighted by Crippen LogP contribution is 2.25. The lowest BCUT2D eigenvalue weighted by Crippen LogP contribution is -2.28. The molecule has 1 aromatic rings. The van der Waals surface area contributed by atoms with Crippen molar-refractivity contribution in [3.8, 4) is 0 Å². The Morgan fingerprint density at radius 2 is 1.89 bits per heavy atom. The summed E-state index contributed by atoms with van der Waals surface area (Å²) in [4.78, 5) is 1.18. The van der Waals surface area contributed by atoms with Gasteiger partial charge in [-0.3, -0.25) is 0 Å². The number of halogens is 1. The zero-order valence-electron chi connectivity index (χ0n) is 11.6. The average Bonchev–Trinajstić information content (AvgIpc) is 2.34. The van der Waals surface area contributed by atoms with Gasteiger partial charge in [0.2, 0.25) is 0 Å². The van der Waals surface area contributed by atoms with E-state index in [4.69, 9.17) is 11.6 Å². The van der Waals surface area contributed by atoms with Gasteiger partial charge in [-0.15, -0.1) is 11.8 Å². The van der Waals surface area contributed by atoms with E-state index < -0.39 is 0 Å². The largest absolute Gasteiger partial charge is 0.313 e. The first-order valence-electron chi connectivity index (χ1n) is 6.70. The van der Waals surface area contributed by atoms with Crippen molar-refractivity contribution in [1.82, 2.24) is 5.32 Å². The zero-order valence-corrected chi connectivity index (χ0v) is 13.2. The fourth-order valence-corrected chi connectivity index (χ4v) is 2.83. The molecule has 0 aliphatic carbocycles. The standard InChI is InChI=1S/C15H24ClNS/c1-12(2)8-9-13(3)17-10-11-18-15-7-5-4-6-14(15)16/h4-7,12-13,17H,8-11H2,1-3H3. The lowest BCUT2D eigenvalue weighted by molar-refractivity contribution is 0.460. The lowest BCUT2D eigenvalue weighted by Gasteiger charge is -2.14. The normalized spacial score (nSPS) is 12.9. The maximum Gasteiger partial charge on any atom is 0.0541 e. The maximum absolute atomic E-state index is 6.11. The molecule has 0 fully saturated rings. The van der Waals surface area contributed by atoms with Crippen LogP contribution in [-0.4, -0.2) is 18.3 Å². The van der Waals surface area contributed by atoms with Gasteiger partial charge >= 0.3 is 0 Å². The second-order valence-corrected chi connectivity index (χ2v) is 6.65. The van der Waals surface area contributed by atoms with E-state index in [-0.39, 0.29) is 0 Å². The quantitative estimate of drug-likeness (QED) is 0.541. The van der Waals surface area contributed by atoms with Crippen LogP contribution in [0.15, 0.2) is 29.2 Å². The highest BCUT2D eigenvalue weighted by Gasteiger charge is 2.03. The minimum absolute atomic E-state index is 0.610. The number of thioether (sulfide) groups is 1. The van der Waals surface area contributed by atoms with Crippen molar-refractivity contribution in [2.24, 2.45) is 5.92 Å². The van der Waals surface area contributed by atoms with Crippen molar-refractivity contribution in [1.29, 1.82) is 0 Å². The zero-order chi connectivity index (χ0) is 13.4. The van der Waals surface area contributed by atoms with Crippen LogP contribution >= 0.6 is 23.4 Å². The Bertz CT molecular complexity index is 341. The molecule has 0 saturated heterocycles. The van der Waals surface area contributed by atoms with Gasteiger partial charge in [-0.05, 0) is 37.8 Å². The molecule has 0 heterocycles. The van der Waals surface area contributed by atoms with Gasteiger partial charge in [0.15, 0.2) is 0 Å². The van der Waals surface area contributed by atoms with Gasteiger partial charge in [0.1, 0.15) is 0 Å². The summed E-state index contributed by atoms with van der Waals surface area (Å²) in [5, 5.41) is 4.42. The Balaban J connectivity index is 2.13. The summed E-state index contributed by atoms with van der Waals surface area (Å²) in [5.41, 5.74) is 0. The van der Waals surface area contributed by atoms with Crippen LogP contribution < -0.4 is 5.32 Å². The van der Waals surface area contributed by atoms with E-state index in [1.807, 2.05) is 30.0 Å². The number of hydrogen-bond acceptors (Lipinski definition) is 2. The van der Waals surface area contributed by atoms with Gasteiger partial charge in [0, 0.05) is 23.2 Å². The molecule has 1 rings (SSSR count). The SMILES string of the molecule is CC(C)CCC(C)NCCSc1ccccc1Cl. The third kappa shape index (κ3) is 6.67. The molecule has 1 unspecified atom stereocenters. The van der Waals surface area contributed by atoms with Crippen molar-refractivity contribution in [3.63, 3.8) is 0 Å². The Morgan fingerprint density at radius 3 is 2.56 bits per heavy atom. The van der Waals surface area contributed by atoms with E-state index in [2.05, 4.69) is 32.2 Å². The third-order valence-electron chi connectivity index (χ3n) is 2.87. The molecular formula is C15H24ClNS. The van der Waals surface area contributed by atoms with Gasteiger partial charge < -0.3 is 5.32 Å². The Labute approximate surface area is 121 Å². The minimum Gasteiger partial charge on any atom is -0.313 e. The molecule has 1 N–H and O–H groups in total. The molecule has 1 nitrogen and oxygen atoms in total. The molecule has 0 amide bonds.